The van der Waals surface area contributed by atoms with Gasteiger partial charge in [-0.05, 0) is 24.6 Å². The molecule has 2 aromatic rings. The summed E-state index contributed by atoms with van der Waals surface area (Å²) < 4.78 is 51.9. The second-order valence-corrected chi connectivity index (χ2v) is 5.06. The predicted molar refractivity (Wildman–Crippen MR) is 65.1 cm³/mol. The van der Waals surface area contributed by atoms with Gasteiger partial charge in [-0.15, -0.1) is 11.3 Å². The molecular formula is C12H10F4N2S. The van der Waals surface area contributed by atoms with E-state index in [1.165, 1.54) is 12.1 Å². The number of alkyl halides is 3. The van der Waals surface area contributed by atoms with Gasteiger partial charge in [-0.2, -0.15) is 13.2 Å². The van der Waals surface area contributed by atoms with Gasteiger partial charge in [-0.25, -0.2) is 9.37 Å². The quantitative estimate of drug-likeness (QED) is 0.856. The molecule has 0 aliphatic carbocycles. The summed E-state index contributed by atoms with van der Waals surface area (Å²) in [7, 11) is 0. The maximum Gasteiger partial charge on any atom is 0.434 e. The molecule has 2 nitrogen and oxygen atoms in total. The van der Waals surface area contributed by atoms with Crippen LogP contribution in [0.3, 0.4) is 0 Å². The predicted octanol–water partition coefficient (Wildman–Crippen LogP) is 3.74. The third-order valence-corrected chi connectivity index (χ3v) is 3.62. The molecule has 0 aliphatic rings. The van der Waals surface area contributed by atoms with Crippen LogP contribution in [0.5, 0.6) is 0 Å². The fourth-order valence-corrected chi connectivity index (χ4v) is 2.61. The lowest BCUT2D eigenvalue weighted by molar-refractivity contribution is -0.141. The summed E-state index contributed by atoms with van der Waals surface area (Å²) in [4.78, 5) is 3.39. The Labute approximate surface area is 110 Å². The van der Waals surface area contributed by atoms with Crippen molar-refractivity contribution in [3.63, 3.8) is 0 Å². The highest BCUT2D eigenvalue weighted by Gasteiger charge is 2.37. The second-order valence-electron chi connectivity index (χ2n) is 3.98. The van der Waals surface area contributed by atoms with Crippen molar-refractivity contribution in [1.82, 2.24) is 4.98 Å². The molecule has 0 saturated heterocycles. The van der Waals surface area contributed by atoms with Crippen LogP contribution in [0.2, 0.25) is 0 Å². The number of aryl methyl sites for hydroxylation is 1. The minimum Gasteiger partial charge on any atom is -0.326 e. The molecule has 1 aromatic heterocycles. The third-order valence-electron chi connectivity index (χ3n) is 2.51. The van der Waals surface area contributed by atoms with Gasteiger partial charge in [0.25, 0.3) is 0 Å². The van der Waals surface area contributed by atoms with E-state index >= 15 is 0 Å². The van der Waals surface area contributed by atoms with Gasteiger partial charge in [0, 0.05) is 12.1 Å². The topological polar surface area (TPSA) is 38.9 Å². The van der Waals surface area contributed by atoms with Gasteiger partial charge in [-0.1, -0.05) is 6.07 Å². The molecule has 0 amide bonds. The van der Waals surface area contributed by atoms with Crippen LogP contribution in [-0.2, 0) is 12.7 Å². The second kappa shape index (κ2) is 4.90. The number of hydrogen-bond acceptors (Lipinski definition) is 3. The number of benzene rings is 1. The Bertz CT molecular complexity index is 604. The summed E-state index contributed by atoms with van der Waals surface area (Å²) >= 11 is 0.763. The van der Waals surface area contributed by atoms with Crippen molar-refractivity contribution in [2.45, 2.75) is 19.6 Å². The lowest BCUT2D eigenvalue weighted by atomic mass is 10.1. The van der Waals surface area contributed by atoms with Gasteiger partial charge in [0.1, 0.15) is 10.8 Å². The molecule has 2 N–H and O–H groups in total. The van der Waals surface area contributed by atoms with Crippen LogP contribution in [0.4, 0.5) is 17.6 Å². The number of thiazole rings is 1. The molecule has 0 aliphatic heterocycles. The van der Waals surface area contributed by atoms with Crippen LogP contribution in [0.1, 0.15) is 16.1 Å². The summed E-state index contributed by atoms with van der Waals surface area (Å²) in [6, 6.07) is 4.30. The van der Waals surface area contributed by atoms with Crippen LogP contribution in [0.25, 0.3) is 10.6 Å². The molecule has 19 heavy (non-hydrogen) atoms. The molecule has 0 fully saturated rings. The number of nitrogens with zero attached hydrogens (tertiary/aromatic N) is 1. The highest BCUT2D eigenvalue weighted by molar-refractivity contribution is 7.15. The monoisotopic (exact) mass is 290 g/mol. The number of aromatic nitrogens is 1. The molecule has 0 unspecified atom stereocenters. The first-order valence-electron chi connectivity index (χ1n) is 5.36. The number of rotatable bonds is 2. The van der Waals surface area contributed by atoms with Crippen molar-refractivity contribution in [2.75, 3.05) is 0 Å². The zero-order chi connectivity index (χ0) is 14.2. The van der Waals surface area contributed by atoms with Gasteiger partial charge in [-0.3, -0.25) is 0 Å². The van der Waals surface area contributed by atoms with Crippen LogP contribution in [-0.4, -0.2) is 4.98 Å². The highest BCUT2D eigenvalue weighted by Crippen LogP contribution is 2.38. The maximum atomic E-state index is 13.7. The molecule has 0 atom stereocenters. The van der Waals surface area contributed by atoms with E-state index in [0.29, 0.717) is 5.56 Å². The minimum absolute atomic E-state index is 0.00900. The van der Waals surface area contributed by atoms with Crippen molar-refractivity contribution in [1.29, 1.82) is 0 Å². The molecule has 0 saturated carbocycles. The van der Waals surface area contributed by atoms with Crippen LogP contribution >= 0.6 is 11.3 Å². The molecule has 1 heterocycles. The zero-order valence-corrected chi connectivity index (χ0v) is 10.7. The average Bonchev–Trinajstić information content (AvgIpc) is 2.72. The van der Waals surface area contributed by atoms with E-state index in [0.717, 1.165) is 11.3 Å². The smallest absolute Gasteiger partial charge is 0.326 e. The van der Waals surface area contributed by atoms with E-state index in [-0.39, 0.29) is 22.0 Å². The number of hydrogen-bond donors (Lipinski definition) is 1. The Hall–Kier alpha value is -1.47. The fourth-order valence-electron chi connectivity index (χ4n) is 1.62. The van der Waals surface area contributed by atoms with Crippen molar-refractivity contribution in [3.8, 4) is 10.6 Å². The highest BCUT2D eigenvalue weighted by atomic mass is 32.1. The summed E-state index contributed by atoms with van der Waals surface area (Å²) in [5, 5.41) is -0.00900. The first kappa shape index (κ1) is 14.0. The SMILES string of the molecule is Cc1ccc(-c2nc(C(F)(F)F)c(CN)s2)c(F)c1. The average molecular weight is 290 g/mol. The first-order valence-corrected chi connectivity index (χ1v) is 6.18. The largest absolute Gasteiger partial charge is 0.434 e. The molecule has 102 valence electrons. The molecule has 2 rings (SSSR count). The maximum absolute atomic E-state index is 13.7. The van der Waals surface area contributed by atoms with E-state index in [2.05, 4.69) is 4.98 Å². The molecular weight excluding hydrogens is 280 g/mol. The molecule has 1 aromatic carbocycles. The van der Waals surface area contributed by atoms with Crippen molar-refractivity contribution in [2.24, 2.45) is 5.73 Å². The van der Waals surface area contributed by atoms with Crippen molar-refractivity contribution in [3.05, 3.63) is 40.2 Å². The van der Waals surface area contributed by atoms with Crippen LogP contribution < -0.4 is 5.73 Å². The van der Waals surface area contributed by atoms with E-state index in [1.807, 2.05) is 0 Å². The number of halogens is 4. The Morgan fingerprint density at radius 1 is 1.32 bits per heavy atom. The van der Waals surface area contributed by atoms with Gasteiger partial charge in [0.05, 0.1) is 4.88 Å². The summed E-state index contributed by atoms with van der Waals surface area (Å²) in [6.07, 6.45) is -4.58. The lowest BCUT2D eigenvalue weighted by Crippen LogP contribution is -2.10. The van der Waals surface area contributed by atoms with Gasteiger partial charge in [0.15, 0.2) is 5.69 Å². The lowest BCUT2D eigenvalue weighted by Gasteiger charge is -2.03. The Balaban J connectivity index is 2.55. The van der Waals surface area contributed by atoms with Crippen molar-refractivity contribution < 1.29 is 17.6 Å². The van der Waals surface area contributed by atoms with Crippen molar-refractivity contribution >= 4 is 11.3 Å². The standard InChI is InChI=1S/C12H10F4N2S/c1-6-2-3-7(8(13)4-6)11-18-10(12(14,15)16)9(5-17)19-11/h2-4H,5,17H2,1H3. The normalized spacial score (nSPS) is 11.9. The Kier molecular flexibility index (Phi) is 3.60. The summed E-state index contributed by atoms with van der Waals surface area (Å²) in [6.45, 7) is 1.42. The Morgan fingerprint density at radius 2 is 2.00 bits per heavy atom. The van der Waals surface area contributed by atoms with E-state index < -0.39 is 17.7 Å². The van der Waals surface area contributed by atoms with Crippen LogP contribution in [0, 0.1) is 12.7 Å². The van der Waals surface area contributed by atoms with Gasteiger partial charge < -0.3 is 5.73 Å². The molecule has 0 bridgehead atoms. The van der Waals surface area contributed by atoms with Gasteiger partial charge in [0.2, 0.25) is 0 Å². The summed E-state index contributed by atoms with van der Waals surface area (Å²) in [5.41, 5.74) is 4.99. The van der Waals surface area contributed by atoms with E-state index in [9.17, 15) is 17.6 Å². The number of nitrogens with two attached hydrogens (primary N) is 1. The van der Waals surface area contributed by atoms with Gasteiger partial charge >= 0.3 is 6.18 Å². The minimum atomic E-state index is -4.58. The molecule has 7 heteroatoms. The fraction of sp³-hybridized carbons (Fsp3) is 0.250. The molecule has 0 spiro atoms. The third kappa shape index (κ3) is 2.76. The first-order chi connectivity index (χ1) is 8.82. The van der Waals surface area contributed by atoms with Crippen LogP contribution in [0.15, 0.2) is 18.2 Å². The van der Waals surface area contributed by atoms with E-state index in [4.69, 9.17) is 5.73 Å². The molecule has 0 radical (unpaired) electrons. The zero-order valence-electron chi connectivity index (χ0n) is 9.88. The summed E-state index contributed by atoms with van der Waals surface area (Å²) in [5.74, 6) is -0.592. The Morgan fingerprint density at radius 3 is 2.47 bits per heavy atom. The van der Waals surface area contributed by atoms with E-state index in [1.54, 1.807) is 13.0 Å².